The van der Waals surface area contributed by atoms with Crippen LogP contribution in [0.1, 0.15) is 18.4 Å². The molecule has 0 spiro atoms. The molecule has 5 nitrogen and oxygen atoms in total. The Bertz CT molecular complexity index is 605. The van der Waals surface area contributed by atoms with Gasteiger partial charge < -0.3 is 15.1 Å². The van der Waals surface area contributed by atoms with E-state index < -0.39 is 0 Å². The number of benzene rings is 1. The second-order valence-electron chi connectivity index (χ2n) is 7.14. The molecule has 1 saturated heterocycles. The fourth-order valence-electron chi connectivity index (χ4n) is 3.24. The standard InChI is InChI=1S/C18H26ClFN4O/c1-22-8-9-23(2)14(11-22)10-21-18(25)24(13-6-7-13)12-15-16(19)4-3-5-17(15)20/h3-5,13-14H,6-12H2,1-2H3,(H,21,25)/t14-/m0/s1. The SMILES string of the molecule is CN1CCN(C)[C@@H](CNC(=O)N(Cc2c(F)cccc2Cl)C2CC2)C1. The summed E-state index contributed by atoms with van der Waals surface area (Å²) < 4.78 is 14.1. The number of halogens is 2. The summed E-state index contributed by atoms with van der Waals surface area (Å²) in [7, 11) is 4.18. The van der Waals surface area contributed by atoms with Gasteiger partial charge in [0, 0.05) is 48.8 Å². The Hall–Kier alpha value is -1.37. The van der Waals surface area contributed by atoms with Crippen molar-refractivity contribution >= 4 is 17.6 Å². The average Bonchev–Trinajstić information content (AvgIpc) is 3.40. The minimum absolute atomic E-state index is 0.136. The quantitative estimate of drug-likeness (QED) is 0.867. The number of amides is 2. The van der Waals surface area contributed by atoms with Crippen molar-refractivity contribution < 1.29 is 9.18 Å². The van der Waals surface area contributed by atoms with Gasteiger partial charge in [0.05, 0.1) is 6.54 Å². The number of hydrogen-bond donors (Lipinski definition) is 1. The molecular formula is C18H26ClFN4O. The Morgan fingerprint density at radius 1 is 1.36 bits per heavy atom. The molecule has 25 heavy (non-hydrogen) atoms. The first-order chi connectivity index (χ1) is 12.0. The lowest BCUT2D eigenvalue weighted by Crippen LogP contribution is -2.55. The lowest BCUT2D eigenvalue weighted by atomic mass is 10.2. The van der Waals surface area contributed by atoms with E-state index >= 15 is 0 Å². The smallest absolute Gasteiger partial charge is 0.318 e. The number of carbonyl (C=O) groups is 1. The molecule has 1 aromatic carbocycles. The predicted molar refractivity (Wildman–Crippen MR) is 97.3 cm³/mol. The Morgan fingerprint density at radius 3 is 2.80 bits per heavy atom. The summed E-state index contributed by atoms with van der Waals surface area (Å²) in [5.74, 6) is -0.361. The van der Waals surface area contributed by atoms with Gasteiger partial charge in [0.15, 0.2) is 0 Å². The van der Waals surface area contributed by atoms with Crippen molar-refractivity contribution in [2.24, 2.45) is 0 Å². The Morgan fingerprint density at radius 2 is 2.12 bits per heavy atom. The van der Waals surface area contributed by atoms with E-state index in [0.29, 0.717) is 23.2 Å². The van der Waals surface area contributed by atoms with E-state index in [4.69, 9.17) is 11.6 Å². The molecule has 1 aliphatic heterocycles. The highest BCUT2D eigenvalue weighted by molar-refractivity contribution is 6.31. The first-order valence-electron chi connectivity index (χ1n) is 8.82. The topological polar surface area (TPSA) is 38.8 Å². The lowest BCUT2D eigenvalue weighted by Gasteiger charge is -2.38. The molecule has 1 heterocycles. The first-order valence-corrected chi connectivity index (χ1v) is 9.19. The number of urea groups is 1. The minimum atomic E-state index is -0.361. The van der Waals surface area contributed by atoms with Crippen LogP contribution in [0.5, 0.6) is 0 Å². The molecule has 7 heteroatoms. The van der Waals surface area contributed by atoms with Gasteiger partial charge in [0.2, 0.25) is 0 Å². The van der Waals surface area contributed by atoms with Gasteiger partial charge in [0.25, 0.3) is 0 Å². The zero-order valence-corrected chi connectivity index (χ0v) is 15.6. The van der Waals surface area contributed by atoms with Crippen molar-refractivity contribution in [3.05, 3.63) is 34.6 Å². The molecule has 1 aromatic rings. The average molecular weight is 369 g/mol. The van der Waals surface area contributed by atoms with Crippen LogP contribution >= 0.6 is 11.6 Å². The van der Waals surface area contributed by atoms with E-state index in [9.17, 15) is 9.18 Å². The Balaban J connectivity index is 1.62. The summed E-state index contributed by atoms with van der Waals surface area (Å²) in [5, 5.41) is 3.40. The summed E-state index contributed by atoms with van der Waals surface area (Å²) in [6.07, 6.45) is 1.93. The monoisotopic (exact) mass is 368 g/mol. The number of nitrogens with one attached hydrogen (secondary N) is 1. The summed E-state index contributed by atoms with van der Waals surface area (Å²) in [6, 6.07) is 4.97. The molecular weight excluding hydrogens is 343 g/mol. The van der Waals surface area contributed by atoms with Crippen molar-refractivity contribution in [3.63, 3.8) is 0 Å². The Labute approximate surface area is 153 Å². The van der Waals surface area contributed by atoms with E-state index in [2.05, 4.69) is 29.2 Å². The van der Waals surface area contributed by atoms with Crippen LogP contribution in [-0.2, 0) is 6.54 Å². The highest BCUT2D eigenvalue weighted by Gasteiger charge is 2.34. The lowest BCUT2D eigenvalue weighted by molar-refractivity contribution is 0.112. The molecule has 2 aliphatic rings. The molecule has 1 aliphatic carbocycles. The zero-order valence-electron chi connectivity index (χ0n) is 14.8. The van der Waals surface area contributed by atoms with E-state index in [1.54, 1.807) is 17.0 Å². The van der Waals surface area contributed by atoms with Gasteiger partial charge in [-0.15, -0.1) is 0 Å². The predicted octanol–water partition coefficient (Wildman–Crippen LogP) is 2.40. The van der Waals surface area contributed by atoms with Crippen molar-refractivity contribution in [2.75, 3.05) is 40.3 Å². The molecule has 2 amide bonds. The summed E-state index contributed by atoms with van der Waals surface area (Å²) in [6.45, 7) is 3.77. The van der Waals surface area contributed by atoms with Crippen LogP contribution in [0, 0.1) is 5.82 Å². The third kappa shape index (κ3) is 4.63. The third-order valence-electron chi connectivity index (χ3n) is 5.11. The van der Waals surface area contributed by atoms with Gasteiger partial charge in [-0.2, -0.15) is 0 Å². The summed E-state index contributed by atoms with van der Waals surface area (Å²) in [5.41, 5.74) is 0.390. The fourth-order valence-corrected chi connectivity index (χ4v) is 3.46. The number of rotatable bonds is 5. The molecule has 2 fully saturated rings. The van der Waals surface area contributed by atoms with Gasteiger partial charge in [-0.1, -0.05) is 17.7 Å². The number of carbonyl (C=O) groups excluding carboxylic acids is 1. The van der Waals surface area contributed by atoms with E-state index in [0.717, 1.165) is 32.5 Å². The fraction of sp³-hybridized carbons (Fsp3) is 0.611. The van der Waals surface area contributed by atoms with Gasteiger partial charge in [-0.3, -0.25) is 4.90 Å². The van der Waals surface area contributed by atoms with Gasteiger partial charge in [-0.25, -0.2) is 9.18 Å². The van der Waals surface area contributed by atoms with Gasteiger partial charge >= 0.3 is 6.03 Å². The van der Waals surface area contributed by atoms with Crippen molar-refractivity contribution in [3.8, 4) is 0 Å². The van der Waals surface area contributed by atoms with Crippen LogP contribution in [-0.4, -0.2) is 73.1 Å². The van der Waals surface area contributed by atoms with Crippen molar-refractivity contribution in [2.45, 2.75) is 31.5 Å². The van der Waals surface area contributed by atoms with Crippen LogP contribution in [0.15, 0.2) is 18.2 Å². The highest BCUT2D eigenvalue weighted by atomic mass is 35.5. The van der Waals surface area contributed by atoms with Crippen LogP contribution in [0.25, 0.3) is 0 Å². The second kappa shape index (κ2) is 7.89. The van der Waals surface area contributed by atoms with Crippen LogP contribution in [0.2, 0.25) is 5.02 Å². The number of piperazine rings is 1. The number of nitrogens with zero attached hydrogens (tertiary/aromatic N) is 3. The van der Waals surface area contributed by atoms with E-state index in [1.807, 2.05) is 0 Å². The summed E-state index contributed by atoms with van der Waals surface area (Å²) in [4.78, 5) is 19.0. The molecule has 0 unspecified atom stereocenters. The van der Waals surface area contributed by atoms with E-state index in [-0.39, 0.29) is 24.4 Å². The number of likely N-dealkylation sites (N-methyl/N-ethyl adjacent to an activating group) is 2. The second-order valence-corrected chi connectivity index (χ2v) is 7.55. The molecule has 138 valence electrons. The number of hydrogen-bond acceptors (Lipinski definition) is 3. The molecule has 1 atom stereocenters. The van der Waals surface area contributed by atoms with Gasteiger partial charge in [0.1, 0.15) is 5.82 Å². The van der Waals surface area contributed by atoms with Crippen LogP contribution in [0.4, 0.5) is 9.18 Å². The maximum absolute atomic E-state index is 14.1. The van der Waals surface area contributed by atoms with Crippen molar-refractivity contribution in [1.29, 1.82) is 0 Å². The van der Waals surface area contributed by atoms with E-state index in [1.165, 1.54) is 6.07 Å². The molecule has 0 radical (unpaired) electrons. The van der Waals surface area contributed by atoms with Gasteiger partial charge in [-0.05, 0) is 39.1 Å². The molecule has 3 rings (SSSR count). The minimum Gasteiger partial charge on any atom is -0.336 e. The van der Waals surface area contributed by atoms with Crippen LogP contribution < -0.4 is 5.32 Å². The first kappa shape index (κ1) is 18.4. The maximum Gasteiger partial charge on any atom is 0.318 e. The normalized spacial score (nSPS) is 22.0. The molecule has 0 aromatic heterocycles. The molecule has 1 N–H and O–H groups in total. The summed E-state index contributed by atoms with van der Waals surface area (Å²) >= 11 is 6.13. The Kier molecular flexibility index (Phi) is 5.81. The van der Waals surface area contributed by atoms with Crippen LogP contribution in [0.3, 0.4) is 0 Å². The zero-order chi connectivity index (χ0) is 18.0. The highest BCUT2D eigenvalue weighted by Crippen LogP contribution is 2.30. The van der Waals surface area contributed by atoms with Crippen molar-refractivity contribution in [1.82, 2.24) is 20.0 Å². The third-order valence-corrected chi connectivity index (χ3v) is 5.46. The molecule has 0 bridgehead atoms. The maximum atomic E-state index is 14.1. The molecule has 1 saturated carbocycles. The largest absolute Gasteiger partial charge is 0.336 e.